The molecule has 0 amide bonds. The maximum atomic E-state index is 4.65. The summed E-state index contributed by atoms with van der Waals surface area (Å²) < 4.78 is 0. The third-order valence-corrected chi connectivity index (χ3v) is 6.24. The molecule has 2 nitrogen and oxygen atoms in total. The van der Waals surface area contributed by atoms with E-state index in [4.69, 9.17) is 0 Å². The SMILES string of the molecule is CCCCCCCC(C)C(=NC)c1ccc2c(c1)Sc1ccccc1N2. The van der Waals surface area contributed by atoms with Gasteiger partial charge in [-0.05, 0) is 42.2 Å². The minimum Gasteiger partial charge on any atom is -0.354 e. The Balaban J connectivity index is 1.69. The van der Waals surface area contributed by atoms with Gasteiger partial charge < -0.3 is 5.32 Å². The predicted molar refractivity (Wildman–Crippen MR) is 115 cm³/mol. The molecule has 1 unspecified atom stereocenters. The summed E-state index contributed by atoms with van der Waals surface area (Å²) in [6.45, 7) is 4.59. The van der Waals surface area contributed by atoms with Gasteiger partial charge in [0.1, 0.15) is 0 Å². The van der Waals surface area contributed by atoms with E-state index in [1.807, 2.05) is 18.8 Å². The van der Waals surface area contributed by atoms with Gasteiger partial charge in [-0.25, -0.2) is 0 Å². The third kappa shape index (κ3) is 4.50. The highest BCUT2D eigenvalue weighted by atomic mass is 32.2. The number of fused-ring (bicyclic) bond motifs is 2. The van der Waals surface area contributed by atoms with E-state index >= 15 is 0 Å². The summed E-state index contributed by atoms with van der Waals surface area (Å²) in [6.07, 6.45) is 7.90. The van der Waals surface area contributed by atoms with Crippen molar-refractivity contribution in [3.05, 3.63) is 48.0 Å². The van der Waals surface area contributed by atoms with Gasteiger partial charge in [0.15, 0.2) is 0 Å². The Morgan fingerprint density at radius 2 is 1.77 bits per heavy atom. The highest BCUT2D eigenvalue weighted by Crippen LogP contribution is 2.44. The van der Waals surface area contributed by atoms with Crippen molar-refractivity contribution in [1.82, 2.24) is 0 Å². The van der Waals surface area contributed by atoms with Crippen LogP contribution >= 0.6 is 11.8 Å². The van der Waals surface area contributed by atoms with Crippen LogP contribution in [0.3, 0.4) is 0 Å². The molecular weight excluding hydrogens is 336 g/mol. The molecule has 3 heteroatoms. The van der Waals surface area contributed by atoms with Crippen LogP contribution in [0.5, 0.6) is 0 Å². The second-order valence-corrected chi connectivity index (χ2v) is 8.23. The van der Waals surface area contributed by atoms with E-state index in [0.717, 1.165) is 0 Å². The summed E-state index contributed by atoms with van der Waals surface area (Å²) in [5.74, 6) is 0.508. The van der Waals surface area contributed by atoms with Crippen LogP contribution in [-0.4, -0.2) is 12.8 Å². The van der Waals surface area contributed by atoms with E-state index in [-0.39, 0.29) is 0 Å². The average Bonchev–Trinajstić information content (AvgIpc) is 2.66. The molecule has 0 bridgehead atoms. The summed E-state index contributed by atoms with van der Waals surface area (Å²) in [5, 5.41) is 3.55. The molecule has 1 heterocycles. The number of hydrogen-bond donors (Lipinski definition) is 1. The van der Waals surface area contributed by atoms with Crippen LogP contribution in [0.4, 0.5) is 11.4 Å². The van der Waals surface area contributed by atoms with E-state index in [2.05, 4.69) is 66.6 Å². The lowest BCUT2D eigenvalue weighted by molar-refractivity contribution is 0.566. The highest BCUT2D eigenvalue weighted by Gasteiger charge is 2.18. The smallest absolute Gasteiger partial charge is 0.0526 e. The van der Waals surface area contributed by atoms with E-state index in [0.29, 0.717) is 5.92 Å². The van der Waals surface area contributed by atoms with Gasteiger partial charge >= 0.3 is 0 Å². The number of benzene rings is 2. The molecule has 0 aliphatic carbocycles. The molecule has 0 fully saturated rings. The number of rotatable bonds is 8. The standard InChI is InChI=1S/C23H30N2S/c1-4-5-6-7-8-11-17(2)23(24-3)18-14-15-20-22(16-18)26-21-13-10-9-12-19(21)25-20/h9-10,12-17,25H,4-8,11H2,1-3H3. The number of anilines is 2. The second kappa shape index (κ2) is 9.27. The van der Waals surface area contributed by atoms with Crippen LogP contribution < -0.4 is 5.32 Å². The van der Waals surface area contributed by atoms with Crippen LogP contribution in [0.25, 0.3) is 0 Å². The molecule has 138 valence electrons. The number of aliphatic imine (C=N–C) groups is 1. The molecule has 2 aromatic rings. The molecule has 1 N–H and O–H groups in total. The molecule has 26 heavy (non-hydrogen) atoms. The lowest BCUT2D eigenvalue weighted by Crippen LogP contribution is -2.13. The van der Waals surface area contributed by atoms with Crippen molar-refractivity contribution < 1.29 is 0 Å². The van der Waals surface area contributed by atoms with Crippen molar-refractivity contribution in [2.24, 2.45) is 10.9 Å². The van der Waals surface area contributed by atoms with Crippen LogP contribution in [0.2, 0.25) is 0 Å². The van der Waals surface area contributed by atoms with Crippen LogP contribution in [-0.2, 0) is 0 Å². The van der Waals surface area contributed by atoms with Gasteiger partial charge in [-0.1, -0.05) is 75.9 Å². The Hall–Kier alpha value is -1.74. The van der Waals surface area contributed by atoms with Crippen molar-refractivity contribution >= 4 is 28.8 Å². The van der Waals surface area contributed by atoms with Crippen molar-refractivity contribution in [1.29, 1.82) is 0 Å². The van der Waals surface area contributed by atoms with Gasteiger partial charge in [0, 0.05) is 22.6 Å². The zero-order valence-corrected chi connectivity index (χ0v) is 17.0. The van der Waals surface area contributed by atoms with Gasteiger partial charge in [-0.2, -0.15) is 0 Å². The Bertz CT molecular complexity index is 767. The van der Waals surface area contributed by atoms with Crippen LogP contribution in [0.15, 0.2) is 57.2 Å². The number of unbranched alkanes of at least 4 members (excludes halogenated alkanes) is 4. The van der Waals surface area contributed by atoms with Gasteiger partial charge in [0.05, 0.1) is 11.4 Å². The number of nitrogens with one attached hydrogen (secondary N) is 1. The summed E-state index contributed by atoms with van der Waals surface area (Å²) in [6, 6.07) is 15.2. The van der Waals surface area contributed by atoms with Gasteiger partial charge in [-0.15, -0.1) is 0 Å². The fourth-order valence-corrected chi connectivity index (χ4v) is 4.64. The average molecular weight is 367 g/mol. The van der Waals surface area contributed by atoms with Gasteiger partial charge in [0.2, 0.25) is 0 Å². The maximum Gasteiger partial charge on any atom is 0.0526 e. The number of para-hydroxylation sites is 1. The normalized spacial score (nSPS) is 14.3. The molecule has 0 saturated carbocycles. The van der Waals surface area contributed by atoms with E-state index < -0.39 is 0 Å². The fourth-order valence-electron chi connectivity index (χ4n) is 3.62. The summed E-state index contributed by atoms with van der Waals surface area (Å²) in [5.41, 5.74) is 4.89. The first-order chi connectivity index (χ1) is 12.7. The lowest BCUT2D eigenvalue weighted by Gasteiger charge is -2.22. The Morgan fingerprint density at radius 3 is 2.58 bits per heavy atom. The highest BCUT2D eigenvalue weighted by molar-refractivity contribution is 7.99. The van der Waals surface area contributed by atoms with Gasteiger partial charge in [0.25, 0.3) is 0 Å². The molecule has 2 aromatic carbocycles. The first-order valence-electron chi connectivity index (χ1n) is 9.88. The Morgan fingerprint density at radius 1 is 1.00 bits per heavy atom. The molecule has 0 radical (unpaired) electrons. The monoisotopic (exact) mass is 366 g/mol. The minimum absolute atomic E-state index is 0.508. The lowest BCUT2D eigenvalue weighted by atomic mass is 9.92. The van der Waals surface area contributed by atoms with E-state index in [9.17, 15) is 0 Å². The Labute approximate surface area is 162 Å². The summed E-state index contributed by atoms with van der Waals surface area (Å²) in [4.78, 5) is 7.23. The first kappa shape index (κ1) is 19.0. The largest absolute Gasteiger partial charge is 0.354 e. The molecule has 1 aliphatic rings. The van der Waals surface area contributed by atoms with Crippen molar-refractivity contribution in [3.63, 3.8) is 0 Å². The van der Waals surface area contributed by atoms with Crippen molar-refractivity contribution in [3.8, 4) is 0 Å². The summed E-state index contributed by atoms with van der Waals surface area (Å²) in [7, 11) is 1.93. The van der Waals surface area contributed by atoms with Crippen LogP contribution in [0.1, 0.15) is 57.9 Å². The second-order valence-electron chi connectivity index (χ2n) is 7.15. The molecule has 1 atom stereocenters. The molecule has 1 aliphatic heterocycles. The number of hydrogen-bond acceptors (Lipinski definition) is 3. The Kier molecular flexibility index (Phi) is 6.79. The van der Waals surface area contributed by atoms with Crippen LogP contribution in [0, 0.1) is 5.92 Å². The zero-order chi connectivity index (χ0) is 18.4. The molecule has 3 rings (SSSR count). The molecule has 0 saturated heterocycles. The zero-order valence-electron chi connectivity index (χ0n) is 16.2. The minimum atomic E-state index is 0.508. The topological polar surface area (TPSA) is 24.4 Å². The van der Waals surface area contributed by atoms with Gasteiger partial charge in [-0.3, -0.25) is 4.99 Å². The third-order valence-electron chi connectivity index (χ3n) is 5.10. The van der Waals surface area contributed by atoms with E-state index in [1.165, 1.54) is 71.0 Å². The molecular formula is C23H30N2S. The fraction of sp³-hybridized carbons (Fsp3) is 0.435. The van der Waals surface area contributed by atoms with Crippen molar-refractivity contribution in [2.45, 2.75) is 62.2 Å². The first-order valence-corrected chi connectivity index (χ1v) is 10.7. The van der Waals surface area contributed by atoms with Crippen molar-refractivity contribution in [2.75, 3.05) is 12.4 Å². The number of nitrogens with zero attached hydrogens (tertiary/aromatic N) is 1. The van der Waals surface area contributed by atoms with E-state index in [1.54, 1.807) is 0 Å². The molecule has 0 spiro atoms. The predicted octanol–water partition coefficient (Wildman–Crippen LogP) is 7.31. The maximum absolute atomic E-state index is 4.65. The summed E-state index contributed by atoms with van der Waals surface area (Å²) >= 11 is 1.85. The molecule has 0 aromatic heterocycles. The quantitative estimate of drug-likeness (QED) is 0.334.